The minimum Gasteiger partial charge on any atom is -0.477 e. The van der Waals surface area contributed by atoms with Crippen molar-refractivity contribution < 1.29 is 14.6 Å². The fourth-order valence-corrected chi connectivity index (χ4v) is 2.74. The predicted octanol–water partition coefficient (Wildman–Crippen LogP) is 0.975. The number of pyridine rings is 1. The Kier molecular flexibility index (Phi) is 2.80. The topological polar surface area (TPSA) is 71.5 Å². The molecule has 1 fully saturated rings. The Labute approximate surface area is 105 Å². The SMILES string of the molecule is O=C(O)c1ccc2c(n1)CC1(CCOCC1)NC2. The predicted molar refractivity (Wildman–Crippen MR) is 64.5 cm³/mol. The van der Waals surface area contributed by atoms with Crippen molar-refractivity contribution in [3.8, 4) is 0 Å². The average molecular weight is 248 g/mol. The molecule has 5 heteroatoms. The van der Waals surface area contributed by atoms with Crippen LogP contribution >= 0.6 is 0 Å². The Bertz CT molecular complexity index is 481. The van der Waals surface area contributed by atoms with Gasteiger partial charge >= 0.3 is 5.97 Å². The van der Waals surface area contributed by atoms with Crippen LogP contribution in [0.25, 0.3) is 0 Å². The number of aromatic carboxylic acids is 1. The lowest BCUT2D eigenvalue weighted by Gasteiger charge is -2.41. The highest BCUT2D eigenvalue weighted by Crippen LogP contribution is 2.30. The van der Waals surface area contributed by atoms with Crippen molar-refractivity contribution in [2.45, 2.75) is 31.3 Å². The molecule has 96 valence electrons. The monoisotopic (exact) mass is 248 g/mol. The fourth-order valence-electron chi connectivity index (χ4n) is 2.74. The number of ether oxygens (including phenoxy) is 1. The summed E-state index contributed by atoms with van der Waals surface area (Å²) in [6, 6.07) is 3.44. The van der Waals surface area contributed by atoms with Crippen LogP contribution in [0.2, 0.25) is 0 Å². The molecular formula is C13H16N2O3. The normalized spacial score (nSPS) is 21.6. The lowest BCUT2D eigenvalue weighted by Crippen LogP contribution is -2.53. The summed E-state index contributed by atoms with van der Waals surface area (Å²) in [5.74, 6) is -0.961. The molecular weight excluding hydrogens is 232 g/mol. The number of carboxylic acid groups (broad SMARTS) is 1. The van der Waals surface area contributed by atoms with Gasteiger partial charge in [-0.05, 0) is 24.5 Å². The maximum Gasteiger partial charge on any atom is 0.354 e. The van der Waals surface area contributed by atoms with Gasteiger partial charge in [0, 0.05) is 37.4 Å². The quantitative estimate of drug-likeness (QED) is 0.775. The number of hydrogen-bond donors (Lipinski definition) is 2. The Morgan fingerprint density at radius 1 is 1.39 bits per heavy atom. The van der Waals surface area contributed by atoms with E-state index in [0.717, 1.165) is 50.3 Å². The van der Waals surface area contributed by atoms with E-state index in [9.17, 15) is 4.79 Å². The van der Waals surface area contributed by atoms with Gasteiger partial charge in [0.15, 0.2) is 0 Å². The van der Waals surface area contributed by atoms with Gasteiger partial charge in [-0.25, -0.2) is 9.78 Å². The molecule has 1 spiro atoms. The second-order valence-electron chi connectivity index (χ2n) is 5.03. The van der Waals surface area contributed by atoms with Crippen LogP contribution in [0.4, 0.5) is 0 Å². The Hall–Kier alpha value is -1.46. The molecule has 0 atom stereocenters. The molecule has 1 aromatic heterocycles. The number of fused-ring (bicyclic) bond motifs is 1. The summed E-state index contributed by atoms with van der Waals surface area (Å²) in [6.07, 6.45) is 2.73. The van der Waals surface area contributed by atoms with Crippen molar-refractivity contribution in [1.29, 1.82) is 0 Å². The van der Waals surface area contributed by atoms with E-state index in [1.807, 2.05) is 6.07 Å². The number of nitrogens with zero attached hydrogens (tertiary/aromatic N) is 1. The first-order valence-electron chi connectivity index (χ1n) is 6.23. The summed E-state index contributed by atoms with van der Waals surface area (Å²) in [7, 11) is 0. The molecule has 3 heterocycles. The van der Waals surface area contributed by atoms with Crippen molar-refractivity contribution in [1.82, 2.24) is 10.3 Å². The van der Waals surface area contributed by atoms with E-state index in [4.69, 9.17) is 9.84 Å². The number of hydrogen-bond acceptors (Lipinski definition) is 4. The Morgan fingerprint density at radius 3 is 2.89 bits per heavy atom. The molecule has 0 saturated carbocycles. The van der Waals surface area contributed by atoms with E-state index in [1.165, 1.54) is 0 Å². The van der Waals surface area contributed by atoms with Crippen LogP contribution in [0, 0.1) is 0 Å². The zero-order valence-electron chi connectivity index (χ0n) is 10.1. The summed E-state index contributed by atoms with van der Waals surface area (Å²) in [4.78, 5) is 15.2. The molecule has 2 N–H and O–H groups in total. The van der Waals surface area contributed by atoms with Gasteiger partial charge in [0.2, 0.25) is 0 Å². The molecule has 0 aromatic carbocycles. The summed E-state index contributed by atoms with van der Waals surface area (Å²) in [6.45, 7) is 2.30. The Morgan fingerprint density at radius 2 is 2.17 bits per heavy atom. The highest BCUT2D eigenvalue weighted by molar-refractivity contribution is 5.85. The molecule has 0 radical (unpaired) electrons. The lowest BCUT2D eigenvalue weighted by atomic mass is 9.81. The third-order valence-electron chi connectivity index (χ3n) is 3.90. The van der Waals surface area contributed by atoms with E-state index in [-0.39, 0.29) is 11.2 Å². The minimum absolute atomic E-state index is 0.0510. The van der Waals surface area contributed by atoms with Crippen LogP contribution in [-0.2, 0) is 17.7 Å². The van der Waals surface area contributed by atoms with E-state index in [2.05, 4.69) is 10.3 Å². The largest absolute Gasteiger partial charge is 0.477 e. The van der Waals surface area contributed by atoms with Crippen molar-refractivity contribution in [2.24, 2.45) is 0 Å². The molecule has 1 aromatic rings. The summed E-state index contributed by atoms with van der Waals surface area (Å²) >= 11 is 0. The molecule has 1 saturated heterocycles. The maximum absolute atomic E-state index is 11.0. The second-order valence-corrected chi connectivity index (χ2v) is 5.03. The average Bonchev–Trinajstić information content (AvgIpc) is 2.38. The van der Waals surface area contributed by atoms with Crippen LogP contribution in [-0.4, -0.2) is 34.8 Å². The minimum atomic E-state index is -0.961. The molecule has 0 bridgehead atoms. The van der Waals surface area contributed by atoms with Gasteiger partial charge in [-0.15, -0.1) is 0 Å². The number of rotatable bonds is 1. The van der Waals surface area contributed by atoms with Gasteiger partial charge in [-0.1, -0.05) is 6.07 Å². The molecule has 18 heavy (non-hydrogen) atoms. The van der Waals surface area contributed by atoms with E-state index in [0.29, 0.717) is 0 Å². The highest BCUT2D eigenvalue weighted by atomic mass is 16.5. The number of nitrogens with one attached hydrogen (secondary N) is 1. The van der Waals surface area contributed by atoms with Crippen LogP contribution in [0.1, 0.15) is 34.6 Å². The number of aromatic nitrogens is 1. The van der Waals surface area contributed by atoms with Gasteiger partial charge in [-0.3, -0.25) is 0 Å². The van der Waals surface area contributed by atoms with Crippen LogP contribution in [0.5, 0.6) is 0 Å². The first kappa shape index (κ1) is 11.6. The number of carboxylic acids is 1. The van der Waals surface area contributed by atoms with Crippen molar-refractivity contribution in [3.63, 3.8) is 0 Å². The van der Waals surface area contributed by atoms with Gasteiger partial charge in [0.05, 0.1) is 0 Å². The first-order valence-corrected chi connectivity index (χ1v) is 6.23. The fraction of sp³-hybridized carbons (Fsp3) is 0.538. The maximum atomic E-state index is 11.0. The smallest absolute Gasteiger partial charge is 0.354 e. The van der Waals surface area contributed by atoms with Crippen LogP contribution in [0.3, 0.4) is 0 Å². The van der Waals surface area contributed by atoms with E-state index >= 15 is 0 Å². The summed E-state index contributed by atoms with van der Waals surface area (Å²) in [5.41, 5.74) is 2.22. The summed E-state index contributed by atoms with van der Waals surface area (Å²) in [5, 5.41) is 12.6. The summed E-state index contributed by atoms with van der Waals surface area (Å²) < 4.78 is 5.39. The van der Waals surface area contributed by atoms with Crippen LogP contribution < -0.4 is 5.32 Å². The van der Waals surface area contributed by atoms with E-state index in [1.54, 1.807) is 6.07 Å². The number of carbonyl (C=O) groups is 1. The standard InChI is InChI=1S/C13H16N2O3/c16-12(17)10-2-1-9-8-14-13(7-11(9)15-10)3-5-18-6-4-13/h1-2,14H,3-8H2,(H,16,17). The molecule has 0 amide bonds. The third kappa shape index (κ3) is 2.00. The van der Waals surface area contributed by atoms with E-state index < -0.39 is 5.97 Å². The van der Waals surface area contributed by atoms with Gasteiger partial charge in [-0.2, -0.15) is 0 Å². The zero-order chi connectivity index (χ0) is 12.6. The highest BCUT2D eigenvalue weighted by Gasteiger charge is 2.36. The third-order valence-corrected chi connectivity index (χ3v) is 3.90. The Balaban J connectivity index is 1.90. The molecule has 0 unspecified atom stereocenters. The molecule has 5 nitrogen and oxygen atoms in total. The van der Waals surface area contributed by atoms with Gasteiger partial charge in [0.25, 0.3) is 0 Å². The lowest BCUT2D eigenvalue weighted by molar-refractivity contribution is 0.0341. The van der Waals surface area contributed by atoms with Crippen molar-refractivity contribution in [3.05, 3.63) is 29.1 Å². The van der Waals surface area contributed by atoms with Crippen LogP contribution in [0.15, 0.2) is 12.1 Å². The van der Waals surface area contributed by atoms with Crippen molar-refractivity contribution >= 4 is 5.97 Å². The molecule has 3 rings (SSSR count). The zero-order valence-corrected chi connectivity index (χ0v) is 10.1. The first-order chi connectivity index (χ1) is 8.69. The second kappa shape index (κ2) is 4.33. The molecule has 2 aliphatic heterocycles. The van der Waals surface area contributed by atoms with Crippen molar-refractivity contribution in [2.75, 3.05) is 13.2 Å². The molecule has 0 aliphatic carbocycles. The van der Waals surface area contributed by atoms with Gasteiger partial charge < -0.3 is 15.2 Å². The van der Waals surface area contributed by atoms with Gasteiger partial charge in [0.1, 0.15) is 5.69 Å². The molecule has 2 aliphatic rings.